The first-order chi connectivity index (χ1) is 9.10. The topological polar surface area (TPSA) is 29.9 Å². The van der Waals surface area contributed by atoms with Gasteiger partial charge in [0.15, 0.2) is 0 Å². The van der Waals surface area contributed by atoms with Gasteiger partial charge in [0.2, 0.25) is 5.95 Å². The fourth-order valence-corrected chi connectivity index (χ4v) is 3.02. The van der Waals surface area contributed by atoms with Crippen LogP contribution >= 0.6 is 0 Å². The lowest BCUT2D eigenvalue weighted by Crippen LogP contribution is -2.31. The predicted molar refractivity (Wildman–Crippen MR) is 81.5 cm³/mol. The number of anilines is 1. The Kier molecular flexibility index (Phi) is 4.89. The van der Waals surface area contributed by atoms with Crippen LogP contribution in [0.5, 0.6) is 0 Å². The zero-order chi connectivity index (χ0) is 13.8. The second kappa shape index (κ2) is 6.44. The highest BCUT2D eigenvalue weighted by Gasteiger charge is 2.25. The van der Waals surface area contributed by atoms with Gasteiger partial charge in [0.1, 0.15) is 0 Å². The summed E-state index contributed by atoms with van der Waals surface area (Å²) in [6.07, 6.45) is 8.53. The Morgan fingerprint density at radius 1 is 1.32 bits per heavy atom. The van der Waals surface area contributed by atoms with E-state index in [1.165, 1.54) is 32.1 Å². The Labute approximate surface area is 117 Å². The van der Waals surface area contributed by atoms with Gasteiger partial charge in [-0.05, 0) is 44.4 Å². The number of hydrogen-bond donors (Lipinski definition) is 1. The number of imidazole rings is 1. The van der Waals surface area contributed by atoms with E-state index in [0.717, 1.165) is 30.0 Å². The molecule has 0 aromatic carbocycles. The van der Waals surface area contributed by atoms with Crippen LogP contribution in [0.3, 0.4) is 0 Å². The average molecular weight is 263 g/mol. The molecular formula is C16H29N3. The molecule has 1 saturated carbocycles. The minimum atomic E-state index is 0.605. The van der Waals surface area contributed by atoms with Crippen LogP contribution in [0, 0.1) is 18.8 Å². The number of aryl methyl sites for hydroxylation is 2. The average Bonchev–Trinajstić information content (AvgIpc) is 2.71. The SMILES string of the molecule is CCCCn1cc(C)nc1NC1CCC(C)C(C)C1. The molecule has 0 aliphatic heterocycles. The van der Waals surface area contributed by atoms with Crippen molar-refractivity contribution in [1.82, 2.24) is 9.55 Å². The van der Waals surface area contributed by atoms with Gasteiger partial charge < -0.3 is 9.88 Å². The van der Waals surface area contributed by atoms with Crippen LogP contribution in [0.15, 0.2) is 6.20 Å². The molecule has 3 unspecified atom stereocenters. The van der Waals surface area contributed by atoms with Crippen LogP contribution < -0.4 is 5.32 Å². The lowest BCUT2D eigenvalue weighted by molar-refractivity contribution is 0.260. The van der Waals surface area contributed by atoms with Gasteiger partial charge in [-0.25, -0.2) is 4.98 Å². The molecule has 108 valence electrons. The molecule has 2 rings (SSSR count). The molecule has 1 aliphatic rings. The summed E-state index contributed by atoms with van der Waals surface area (Å²) >= 11 is 0. The fourth-order valence-electron chi connectivity index (χ4n) is 3.02. The maximum absolute atomic E-state index is 4.65. The molecule has 3 heteroatoms. The molecule has 3 nitrogen and oxygen atoms in total. The summed E-state index contributed by atoms with van der Waals surface area (Å²) < 4.78 is 2.29. The Morgan fingerprint density at radius 2 is 2.11 bits per heavy atom. The first kappa shape index (κ1) is 14.4. The summed E-state index contributed by atoms with van der Waals surface area (Å²) in [6, 6.07) is 0.605. The molecule has 1 fully saturated rings. The van der Waals surface area contributed by atoms with Gasteiger partial charge >= 0.3 is 0 Å². The minimum Gasteiger partial charge on any atom is -0.353 e. The van der Waals surface area contributed by atoms with Gasteiger partial charge in [-0.15, -0.1) is 0 Å². The van der Waals surface area contributed by atoms with E-state index in [-0.39, 0.29) is 0 Å². The van der Waals surface area contributed by atoms with E-state index in [2.05, 4.69) is 48.8 Å². The number of nitrogens with zero attached hydrogens (tertiary/aromatic N) is 2. The van der Waals surface area contributed by atoms with Crippen molar-refractivity contribution < 1.29 is 0 Å². The van der Waals surface area contributed by atoms with Gasteiger partial charge in [0, 0.05) is 18.8 Å². The fraction of sp³-hybridized carbons (Fsp3) is 0.812. The van der Waals surface area contributed by atoms with Crippen molar-refractivity contribution in [2.45, 2.75) is 72.4 Å². The summed E-state index contributed by atoms with van der Waals surface area (Å²) in [5.74, 6) is 2.78. The third-order valence-electron chi connectivity index (χ3n) is 4.58. The third-order valence-corrected chi connectivity index (χ3v) is 4.58. The standard InChI is InChI=1S/C16H29N3/c1-5-6-9-19-11-14(4)17-16(19)18-15-8-7-12(2)13(3)10-15/h11-13,15H,5-10H2,1-4H3,(H,17,18). The van der Waals surface area contributed by atoms with Crippen LogP contribution in [-0.2, 0) is 6.54 Å². The number of nitrogens with one attached hydrogen (secondary N) is 1. The Balaban J connectivity index is 1.98. The highest BCUT2D eigenvalue weighted by molar-refractivity contribution is 5.30. The zero-order valence-electron chi connectivity index (χ0n) is 12.9. The number of unbranched alkanes of at least 4 members (excludes halogenated alkanes) is 1. The van der Waals surface area contributed by atoms with Gasteiger partial charge in [-0.2, -0.15) is 0 Å². The Morgan fingerprint density at radius 3 is 2.79 bits per heavy atom. The van der Waals surface area contributed by atoms with E-state index >= 15 is 0 Å². The summed E-state index contributed by atoms with van der Waals surface area (Å²) in [7, 11) is 0. The number of hydrogen-bond acceptors (Lipinski definition) is 2. The molecule has 0 saturated heterocycles. The predicted octanol–water partition coefficient (Wildman–Crippen LogP) is 4.23. The molecule has 0 bridgehead atoms. The number of rotatable bonds is 5. The monoisotopic (exact) mass is 263 g/mol. The van der Waals surface area contributed by atoms with E-state index in [0.29, 0.717) is 6.04 Å². The smallest absolute Gasteiger partial charge is 0.203 e. The van der Waals surface area contributed by atoms with Gasteiger partial charge in [-0.1, -0.05) is 27.2 Å². The highest BCUT2D eigenvalue weighted by Crippen LogP contribution is 2.30. The molecule has 0 radical (unpaired) electrons. The van der Waals surface area contributed by atoms with Crippen LogP contribution in [0.25, 0.3) is 0 Å². The van der Waals surface area contributed by atoms with Crippen molar-refractivity contribution in [3.8, 4) is 0 Å². The van der Waals surface area contributed by atoms with E-state index in [4.69, 9.17) is 0 Å². The maximum Gasteiger partial charge on any atom is 0.203 e. The van der Waals surface area contributed by atoms with Crippen LogP contribution in [0.1, 0.15) is 58.6 Å². The molecule has 0 amide bonds. The largest absolute Gasteiger partial charge is 0.353 e. The second-order valence-corrected chi connectivity index (χ2v) is 6.36. The molecule has 1 aromatic rings. The van der Waals surface area contributed by atoms with Crippen molar-refractivity contribution in [3.05, 3.63) is 11.9 Å². The van der Waals surface area contributed by atoms with Crippen molar-refractivity contribution in [1.29, 1.82) is 0 Å². The molecule has 1 heterocycles. The Hall–Kier alpha value is -0.990. The van der Waals surface area contributed by atoms with Crippen molar-refractivity contribution in [2.24, 2.45) is 11.8 Å². The Bertz CT molecular complexity index is 397. The first-order valence-corrected chi connectivity index (χ1v) is 7.90. The molecule has 1 N–H and O–H groups in total. The van der Waals surface area contributed by atoms with Gasteiger partial charge in [0.25, 0.3) is 0 Å². The molecule has 1 aliphatic carbocycles. The lowest BCUT2D eigenvalue weighted by Gasteiger charge is -2.32. The van der Waals surface area contributed by atoms with Crippen molar-refractivity contribution in [2.75, 3.05) is 5.32 Å². The minimum absolute atomic E-state index is 0.605. The maximum atomic E-state index is 4.65. The van der Waals surface area contributed by atoms with E-state index < -0.39 is 0 Å². The van der Waals surface area contributed by atoms with E-state index in [1.54, 1.807) is 0 Å². The quantitative estimate of drug-likeness (QED) is 0.861. The number of aromatic nitrogens is 2. The highest BCUT2D eigenvalue weighted by atomic mass is 15.2. The van der Waals surface area contributed by atoms with Crippen LogP contribution in [0.2, 0.25) is 0 Å². The second-order valence-electron chi connectivity index (χ2n) is 6.36. The first-order valence-electron chi connectivity index (χ1n) is 7.90. The summed E-state index contributed by atoms with van der Waals surface area (Å²) in [5.41, 5.74) is 1.12. The van der Waals surface area contributed by atoms with Crippen molar-refractivity contribution in [3.63, 3.8) is 0 Å². The van der Waals surface area contributed by atoms with E-state index in [9.17, 15) is 0 Å². The van der Waals surface area contributed by atoms with Crippen LogP contribution in [-0.4, -0.2) is 15.6 Å². The van der Waals surface area contributed by atoms with Gasteiger partial charge in [-0.3, -0.25) is 0 Å². The molecule has 19 heavy (non-hydrogen) atoms. The third kappa shape index (κ3) is 3.74. The lowest BCUT2D eigenvalue weighted by atomic mass is 9.79. The van der Waals surface area contributed by atoms with Gasteiger partial charge in [0.05, 0.1) is 5.69 Å². The molecular weight excluding hydrogens is 234 g/mol. The molecule has 0 spiro atoms. The molecule has 3 atom stereocenters. The summed E-state index contributed by atoms with van der Waals surface area (Å²) in [4.78, 5) is 4.65. The van der Waals surface area contributed by atoms with Crippen LogP contribution in [0.4, 0.5) is 5.95 Å². The van der Waals surface area contributed by atoms with Crippen molar-refractivity contribution >= 4 is 5.95 Å². The molecule has 1 aromatic heterocycles. The van der Waals surface area contributed by atoms with E-state index in [1.807, 2.05) is 0 Å². The summed E-state index contributed by atoms with van der Waals surface area (Å²) in [5, 5.41) is 3.68. The summed E-state index contributed by atoms with van der Waals surface area (Å²) in [6.45, 7) is 10.2. The normalized spacial score (nSPS) is 27.5. The zero-order valence-corrected chi connectivity index (χ0v) is 12.9.